The maximum Gasteiger partial charge on any atom is 0.573 e. The van der Waals surface area contributed by atoms with Crippen molar-refractivity contribution in [3.63, 3.8) is 0 Å². The number of rotatable bonds is 6. The van der Waals surface area contributed by atoms with E-state index in [-0.39, 0.29) is 30.8 Å². The van der Waals surface area contributed by atoms with Gasteiger partial charge < -0.3 is 24.3 Å². The molecule has 33 heavy (non-hydrogen) atoms. The highest BCUT2D eigenvalue weighted by Gasteiger charge is 2.31. The number of halogens is 5. The Hall–Kier alpha value is -3.02. The monoisotopic (exact) mass is 503 g/mol. The van der Waals surface area contributed by atoms with Gasteiger partial charge in [0.25, 0.3) is 0 Å². The molecule has 2 heterocycles. The smallest absolute Gasteiger partial charge is 0.443 e. The summed E-state index contributed by atoms with van der Waals surface area (Å²) in [5.74, 6) is -0.653. The molecule has 0 amide bonds. The van der Waals surface area contributed by atoms with Gasteiger partial charge in [0.15, 0.2) is 0 Å². The molecule has 4 rings (SSSR count). The van der Waals surface area contributed by atoms with Crippen LogP contribution in [0.5, 0.6) is 11.8 Å². The summed E-state index contributed by atoms with van der Waals surface area (Å²) >= 11 is 12.8. The third kappa shape index (κ3) is 5.49. The van der Waals surface area contributed by atoms with Gasteiger partial charge in [-0.25, -0.2) is 0 Å². The van der Waals surface area contributed by atoms with Crippen molar-refractivity contribution in [3.8, 4) is 22.9 Å². The molecule has 0 saturated heterocycles. The van der Waals surface area contributed by atoms with E-state index in [0.29, 0.717) is 33.3 Å². The molecule has 1 aromatic heterocycles. The number of hydrogen-bond acceptors (Lipinski definition) is 6. The van der Waals surface area contributed by atoms with E-state index in [0.717, 1.165) is 0 Å². The van der Waals surface area contributed by atoms with Crippen LogP contribution in [0, 0.1) is 10.1 Å². The Labute approximate surface area is 194 Å². The molecule has 0 radical (unpaired) electrons. The molecule has 3 aromatic rings. The Morgan fingerprint density at radius 1 is 1.18 bits per heavy atom. The standard InChI is InChI=1S/C20H14Cl2F3N3O5/c21-16-5-12(11-1-3-13(4-2-11)33-20(23,24)25)6-17(22)15(16)10-31-14-7-27-8-18(28(29)30)26-19(27)32-9-14/h1-6,8,14H,7,9-10H2/t14-/m0/s1. The van der Waals surface area contributed by atoms with Crippen LogP contribution in [-0.2, 0) is 17.9 Å². The largest absolute Gasteiger partial charge is 0.573 e. The molecule has 8 nitrogen and oxygen atoms in total. The summed E-state index contributed by atoms with van der Waals surface area (Å²) in [5, 5.41) is 11.5. The van der Waals surface area contributed by atoms with Crippen LogP contribution in [0.1, 0.15) is 5.56 Å². The first-order valence-corrected chi connectivity index (χ1v) is 10.1. The predicted octanol–water partition coefficient (Wildman–Crippen LogP) is 5.64. The molecule has 0 fully saturated rings. The molecule has 1 aliphatic rings. The minimum absolute atomic E-state index is 0.0520. The third-order valence-corrected chi connectivity index (χ3v) is 5.41. The first-order chi connectivity index (χ1) is 15.6. The van der Waals surface area contributed by atoms with Gasteiger partial charge in [-0.05, 0) is 40.3 Å². The van der Waals surface area contributed by atoms with Gasteiger partial charge in [0.1, 0.15) is 24.7 Å². The zero-order chi connectivity index (χ0) is 23.8. The van der Waals surface area contributed by atoms with Crippen molar-refractivity contribution in [3.05, 3.63) is 68.3 Å². The lowest BCUT2D eigenvalue weighted by Gasteiger charge is -2.23. The highest BCUT2D eigenvalue weighted by atomic mass is 35.5. The third-order valence-electron chi connectivity index (χ3n) is 4.74. The molecular formula is C20H14Cl2F3N3O5. The first-order valence-electron chi connectivity index (χ1n) is 9.39. The Kier molecular flexibility index (Phi) is 6.37. The van der Waals surface area contributed by atoms with E-state index in [1.165, 1.54) is 35.0 Å². The fourth-order valence-corrected chi connectivity index (χ4v) is 3.81. The molecule has 0 spiro atoms. The normalized spacial score (nSPS) is 15.6. The van der Waals surface area contributed by atoms with E-state index in [1.54, 1.807) is 12.1 Å². The van der Waals surface area contributed by atoms with Crippen LogP contribution in [0.2, 0.25) is 10.0 Å². The summed E-state index contributed by atoms with van der Waals surface area (Å²) in [6, 6.07) is 8.70. The van der Waals surface area contributed by atoms with Crippen LogP contribution < -0.4 is 9.47 Å². The number of fused-ring (bicyclic) bond motifs is 1. The number of benzene rings is 2. The van der Waals surface area contributed by atoms with Crippen molar-refractivity contribution in [1.82, 2.24) is 9.55 Å². The number of imidazole rings is 1. The van der Waals surface area contributed by atoms with Gasteiger partial charge in [-0.2, -0.15) is 0 Å². The van der Waals surface area contributed by atoms with E-state index < -0.39 is 17.4 Å². The number of alkyl halides is 3. The Morgan fingerprint density at radius 2 is 1.85 bits per heavy atom. The second-order valence-corrected chi connectivity index (χ2v) is 7.84. The summed E-state index contributed by atoms with van der Waals surface area (Å²) < 4.78 is 53.6. The molecular weight excluding hydrogens is 490 g/mol. The average Bonchev–Trinajstić information content (AvgIpc) is 3.16. The summed E-state index contributed by atoms with van der Waals surface area (Å²) in [5.41, 5.74) is 1.71. The van der Waals surface area contributed by atoms with Crippen LogP contribution in [0.25, 0.3) is 11.1 Å². The molecule has 0 unspecified atom stereocenters. The summed E-state index contributed by atoms with van der Waals surface area (Å²) in [6.45, 7) is 0.500. The molecule has 1 atom stereocenters. The lowest BCUT2D eigenvalue weighted by molar-refractivity contribution is -0.389. The maximum absolute atomic E-state index is 12.3. The second-order valence-electron chi connectivity index (χ2n) is 7.03. The van der Waals surface area contributed by atoms with Crippen LogP contribution in [0.15, 0.2) is 42.6 Å². The van der Waals surface area contributed by atoms with Crippen molar-refractivity contribution in [2.75, 3.05) is 6.61 Å². The molecule has 0 bridgehead atoms. The van der Waals surface area contributed by atoms with Gasteiger partial charge in [0, 0.05) is 20.6 Å². The zero-order valence-corrected chi connectivity index (χ0v) is 18.0. The van der Waals surface area contributed by atoms with Crippen LogP contribution in [0.4, 0.5) is 19.0 Å². The minimum atomic E-state index is -4.77. The Balaban J connectivity index is 1.43. The molecule has 0 saturated carbocycles. The summed E-state index contributed by atoms with van der Waals surface area (Å²) in [4.78, 5) is 14.0. The van der Waals surface area contributed by atoms with Crippen LogP contribution >= 0.6 is 23.2 Å². The van der Waals surface area contributed by atoms with Crippen molar-refractivity contribution < 1.29 is 32.3 Å². The highest BCUT2D eigenvalue weighted by Crippen LogP contribution is 2.34. The molecule has 0 N–H and O–H groups in total. The van der Waals surface area contributed by atoms with Crippen molar-refractivity contribution in [2.45, 2.75) is 25.6 Å². The number of aromatic nitrogens is 2. The van der Waals surface area contributed by atoms with Gasteiger partial charge in [-0.3, -0.25) is 4.57 Å². The van der Waals surface area contributed by atoms with Gasteiger partial charge in [-0.15, -0.1) is 13.2 Å². The predicted molar refractivity (Wildman–Crippen MR) is 112 cm³/mol. The quantitative estimate of drug-likeness (QED) is 0.319. The second kappa shape index (κ2) is 9.08. The fraction of sp³-hybridized carbons (Fsp3) is 0.250. The van der Waals surface area contributed by atoms with E-state index in [1.807, 2.05) is 0 Å². The van der Waals surface area contributed by atoms with E-state index in [2.05, 4.69) is 9.72 Å². The number of ether oxygens (including phenoxy) is 3. The molecule has 0 aliphatic carbocycles. The van der Waals surface area contributed by atoms with Crippen molar-refractivity contribution >= 4 is 29.0 Å². The number of nitrogens with zero attached hydrogens (tertiary/aromatic N) is 3. The van der Waals surface area contributed by atoms with Crippen molar-refractivity contribution in [1.29, 1.82) is 0 Å². The van der Waals surface area contributed by atoms with Gasteiger partial charge in [-0.1, -0.05) is 35.3 Å². The van der Waals surface area contributed by atoms with Crippen LogP contribution in [-0.4, -0.2) is 33.5 Å². The van der Waals surface area contributed by atoms with Crippen LogP contribution in [0.3, 0.4) is 0 Å². The molecule has 2 aromatic carbocycles. The molecule has 1 aliphatic heterocycles. The Morgan fingerprint density at radius 3 is 2.45 bits per heavy atom. The van der Waals surface area contributed by atoms with E-state index in [9.17, 15) is 23.3 Å². The SMILES string of the molecule is O=[N+]([O-])c1cn2c(n1)OC[C@@H](OCc1c(Cl)cc(-c3ccc(OC(F)(F)F)cc3)cc1Cl)C2. The Bertz CT molecular complexity index is 1160. The van der Waals surface area contributed by atoms with E-state index in [4.69, 9.17) is 32.7 Å². The van der Waals surface area contributed by atoms with Gasteiger partial charge >= 0.3 is 18.2 Å². The molecule has 174 valence electrons. The fourth-order valence-electron chi connectivity index (χ4n) is 3.22. The zero-order valence-electron chi connectivity index (χ0n) is 16.5. The topological polar surface area (TPSA) is 88.7 Å². The molecule has 13 heteroatoms. The highest BCUT2D eigenvalue weighted by molar-refractivity contribution is 6.36. The van der Waals surface area contributed by atoms with E-state index >= 15 is 0 Å². The average molecular weight is 504 g/mol. The lowest BCUT2D eigenvalue weighted by atomic mass is 10.0. The van der Waals surface area contributed by atoms with Crippen molar-refractivity contribution in [2.24, 2.45) is 0 Å². The maximum atomic E-state index is 12.3. The summed E-state index contributed by atoms with van der Waals surface area (Å²) in [7, 11) is 0. The first kappa shape index (κ1) is 23.1. The minimum Gasteiger partial charge on any atom is -0.443 e. The number of nitro groups is 1. The van der Waals surface area contributed by atoms with Gasteiger partial charge in [0.2, 0.25) is 0 Å². The van der Waals surface area contributed by atoms with Gasteiger partial charge in [0.05, 0.1) is 13.2 Å². The summed E-state index contributed by atoms with van der Waals surface area (Å²) in [6.07, 6.45) is -3.92. The lowest BCUT2D eigenvalue weighted by Crippen LogP contribution is -2.32. The number of hydrogen-bond donors (Lipinski definition) is 0.